The maximum absolute atomic E-state index is 14.8. The highest BCUT2D eigenvalue weighted by Gasteiger charge is 2.53. The Morgan fingerprint density at radius 2 is 1.90 bits per heavy atom. The lowest BCUT2D eigenvalue weighted by Crippen LogP contribution is -2.58. The maximum Gasteiger partial charge on any atom is 0.333 e. The average Bonchev–Trinajstić information content (AvgIpc) is 3.17. The van der Waals surface area contributed by atoms with Crippen LogP contribution < -0.4 is 11.1 Å². The van der Waals surface area contributed by atoms with Crippen LogP contribution in [-0.4, -0.2) is 39.5 Å². The van der Waals surface area contributed by atoms with Crippen molar-refractivity contribution in [2.75, 3.05) is 12.4 Å². The normalized spacial score (nSPS) is 21.0. The number of anilines is 1. The molecule has 0 unspecified atom stereocenters. The molecular weight excluding hydrogens is 401 g/mol. The number of carbonyl (C=O) groups excluding carboxylic acids is 2. The molecule has 160 valence electrons. The summed E-state index contributed by atoms with van der Waals surface area (Å²) < 4.78 is 40.4. The third-order valence-electron chi connectivity index (χ3n) is 5.53. The van der Waals surface area contributed by atoms with Gasteiger partial charge < -0.3 is 11.1 Å². The van der Waals surface area contributed by atoms with Crippen LogP contribution in [0, 0.1) is 11.2 Å². The minimum Gasteiger partial charge on any atom is -0.369 e. The Morgan fingerprint density at radius 3 is 2.50 bits per heavy atom. The van der Waals surface area contributed by atoms with Crippen molar-refractivity contribution in [3.8, 4) is 0 Å². The van der Waals surface area contributed by atoms with Crippen molar-refractivity contribution in [2.24, 2.45) is 16.1 Å². The summed E-state index contributed by atoms with van der Waals surface area (Å²) in [6.07, 6.45) is 0.973. The van der Waals surface area contributed by atoms with E-state index in [-0.39, 0.29) is 28.8 Å². The number of nitrogens with two attached hydrogens (primary N) is 1. The molecule has 1 atom stereocenters. The van der Waals surface area contributed by atoms with Gasteiger partial charge in [0.15, 0.2) is 11.7 Å². The van der Waals surface area contributed by atoms with Gasteiger partial charge in [0.1, 0.15) is 11.4 Å². The number of hydrogen-bond donors (Lipinski definition) is 2. The van der Waals surface area contributed by atoms with E-state index >= 15 is 0 Å². The van der Waals surface area contributed by atoms with E-state index in [0.29, 0.717) is 4.68 Å². The standard InChI is InChI=1S/C19H21F3N6O2/c1-18(2)15(30)27(4)17(23)25-19(18,3)11-9-10(5-6-12(11)20)24-14(29)13-7-8-28(26-13)16(21)22/h5-9,16H,1-4H3,(H2,23,25)(H,24,29)/t19-/m1/s1. The molecule has 8 nitrogen and oxygen atoms in total. The fourth-order valence-corrected chi connectivity index (χ4v) is 3.31. The van der Waals surface area contributed by atoms with Gasteiger partial charge in [0, 0.05) is 24.5 Å². The van der Waals surface area contributed by atoms with E-state index in [0.717, 1.165) is 18.3 Å². The van der Waals surface area contributed by atoms with Gasteiger partial charge in [0.05, 0.1) is 5.41 Å². The lowest BCUT2D eigenvalue weighted by molar-refractivity contribution is -0.140. The lowest BCUT2D eigenvalue weighted by atomic mass is 9.67. The van der Waals surface area contributed by atoms with E-state index in [2.05, 4.69) is 15.4 Å². The van der Waals surface area contributed by atoms with Crippen molar-refractivity contribution in [1.29, 1.82) is 0 Å². The molecule has 3 rings (SSSR count). The fourth-order valence-electron chi connectivity index (χ4n) is 3.31. The molecule has 2 amide bonds. The Labute approximate surface area is 170 Å². The fraction of sp³-hybridized carbons (Fsp3) is 0.368. The molecule has 0 spiro atoms. The van der Waals surface area contributed by atoms with Crippen LogP contribution in [-0.2, 0) is 10.3 Å². The average molecular weight is 422 g/mol. The van der Waals surface area contributed by atoms with Crippen LogP contribution >= 0.6 is 0 Å². The van der Waals surface area contributed by atoms with E-state index in [1.54, 1.807) is 20.8 Å². The maximum atomic E-state index is 14.8. The molecule has 2 aromatic rings. The summed E-state index contributed by atoms with van der Waals surface area (Å²) in [7, 11) is 1.48. The molecule has 11 heteroatoms. The molecule has 1 aromatic carbocycles. The Morgan fingerprint density at radius 1 is 1.23 bits per heavy atom. The SMILES string of the molecule is CN1C(=O)C(C)(C)[C@@](C)(c2cc(NC(=O)c3ccn(C(F)F)n3)ccc2F)N=C1N. The molecule has 0 saturated heterocycles. The molecule has 0 aliphatic carbocycles. The van der Waals surface area contributed by atoms with Crippen molar-refractivity contribution in [3.05, 3.63) is 47.5 Å². The molecule has 1 aliphatic rings. The van der Waals surface area contributed by atoms with E-state index in [9.17, 15) is 22.8 Å². The Balaban J connectivity index is 1.99. The molecule has 0 bridgehead atoms. The molecule has 2 heterocycles. The number of alkyl halides is 2. The Kier molecular flexibility index (Phi) is 5.09. The van der Waals surface area contributed by atoms with Crippen LogP contribution in [0.5, 0.6) is 0 Å². The topological polar surface area (TPSA) is 106 Å². The number of rotatable bonds is 4. The van der Waals surface area contributed by atoms with Crippen molar-refractivity contribution in [3.63, 3.8) is 0 Å². The van der Waals surface area contributed by atoms with Crippen LogP contribution in [0.4, 0.5) is 18.9 Å². The first-order valence-electron chi connectivity index (χ1n) is 8.96. The van der Waals surface area contributed by atoms with Gasteiger partial charge in [0.25, 0.3) is 5.91 Å². The van der Waals surface area contributed by atoms with Gasteiger partial charge in [-0.25, -0.2) is 14.1 Å². The first-order chi connectivity index (χ1) is 13.9. The summed E-state index contributed by atoms with van der Waals surface area (Å²) >= 11 is 0. The third-order valence-corrected chi connectivity index (χ3v) is 5.53. The van der Waals surface area contributed by atoms with Crippen molar-refractivity contribution in [2.45, 2.75) is 32.9 Å². The highest BCUT2D eigenvalue weighted by atomic mass is 19.3. The predicted molar refractivity (Wildman–Crippen MR) is 103 cm³/mol. The van der Waals surface area contributed by atoms with E-state index in [1.807, 2.05) is 0 Å². The van der Waals surface area contributed by atoms with Crippen molar-refractivity contribution < 1.29 is 22.8 Å². The lowest BCUT2D eigenvalue weighted by Gasteiger charge is -2.46. The summed E-state index contributed by atoms with van der Waals surface area (Å²) in [6.45, 7) is 1.96. The van der Waals surface area contributed by atoms with Gasteiger partial charge in [-0.15, -0.1) is 0 Å². The van der Waals surface area contributed by atoms with E-state index in [4.69, 9.17) is 5.73 Å². The molecule has 0 saturated carbocycles. The first kappa shape index (κ1) is 21.3. The first-order valence-corrected chi connectivity index (χ1v) is 8.96. The second-order valence-corrected chi connectivity index (χ2v) is 7.64. The largest absolute Gasteiger partial charge is 0.369 e. The number of nitrogens with zero attached hydrogens (tertiary/aromatic N) is 4. The van der Waals surface area contributed by atoms with Crippen LogP contribution in [0.3, 0.4) is 0 Å². The number of guanidine groups is 1. The number of hydrogen-bond acceptors (Lipinski definition) is 5. The zero-order chi connectivity index (χ0) is 22.4. The summed E-state index contributed by atoms with van der Waals surface area (Å²) in [6, 6.07) is 4.91. The second kappa shape index (κ2) is 7.15. The third kappa shape index (κ3) is 3.29. The summed E-state index contributed by atoms with van der Waals surface area (Å²) in [5.74, 6) is -1.80. The Hall–Kier alpha value is -3.37. The van der Waals surface area contributed by atoms with Crippen LogP contribution in [0.2, 0.25) is 0 Å². The van der Waals surface area contributed by atoms with Crippen LogP contribution in [0.15, 0.2) is 35.5 Å². The number of halogens is 3. The highest BCUT2D eigenvalue weighted by Crippen LogP contribution is 2.47. The van der Waals surface area contributed by atoms with Crippen molar-refractivity contribution >= 4 is 23.5 Å². The molecule has 1 aromatic heterocycles. The molecule has 3 N–H and O–H groups in total. The van der Waals surface area contributed by atoms with Gasteiger partial charge in [-0.2, -0.15) is 13.9 Å². The van der Waals surface area contributed by atoms with Crippen molar-refractivity contribution in [1.82, 2.24) is 14.7 Å². The molecule has 30 heavy (non-hydrogen) atoms. The summed E-state index contributed by atoms with van der Waals surface area (Å²) in [4.78, 5) is 30.7. The number of carbonyl (C=O) groups is 2. The molecule has 0 radical (unpaired) electrons. The number of nitrogens with one attached hydrogen (secondary N) is 1. The molecular formula is C19H21F3N6O2. The van der Waals surface area contributed by atoms with Gasteiger partial charge in [0.2, 0.25) is 5.91 Å². The van der Waals surface area contributed by atoms with E-state index in [1.165, 1.54) is 24.1 Å². The number of benzene rings is 1. The Bertz CT molecular complexity index is 1050. The number of aromatic nitrogens is 2. The minimum absolute atomic E-state index is 0.0489. The quantitative estimate of drug-likeness (QED) is 0.790. The van der Waals surface area contributed by atoms with Gasteiger partial charge in [-0.05, 0) is 45.0 Å². The summed E-state index contributed by atoms with van der Waals surface area (Å²) in [5.41, 5.74) is 3.36. The highest BCUT2D eigenvalue weighted by molar-refractivity contribution is 6.03. The second-order valence-electron chi connectivity index (χ2n) is 7.64. The summed E-state index contributed by atoms with van der Waals surface area (Å²) in [5, 5.41) is 5.98. The van der Waals surface area contributed by atoms with Gasteiger partial charge in [-0.1, -0.05) is 0 Å². The van der Waals surface area contributed by atoms with E-state index < -0.39 is 29.2 Å². The van der Waals surface area contributed by atoms with Gasteiger partial charge in [-0.3, -0.25) is 14.5 Å². The predicted octanol–water partition coefficient (Wildman–Crippen LogP) is 2.70. The molecule has 0 fully saturated rings. The van der Waals surface area contributed by atoms with Gasteiger partial charge >= 0.3 is 6.55 Å². The van der Waals surface area contributed by atoms with Crippen LogP contribution in [0.1, 0.15) is 43.4 Å². The smallest absolute Gasteiger partial charge is 0.333 e. The zero-order valence-electron chi connectivity index (χ0n) is 16.8. The number of aliphatic imine (C=N–C) groups is 1. The number of amides is 2. The minimum atomic E-state index is -2.88. The molecule has 1 aliphatic heterocycles. The monoisotopic (exact) mass is 422 g/mol. The van der Waals surface area contributed by atoms with Crippen LogP contribution in [0.25, 0.3) is 0 Å². The zero-order valence-corrected chi connectivity index (χ0v) is 16.8.